The predicted octanol–water partition coefficient (Wildman–Crippen LogP) is 2.69. The van der Waals surface area contributed by atoms with Crippen LogP contribution in [0.3, 0.4) is 0 Å². The van der Waals surface area contributed by atoms with Gasteiger partial charge in [-0.3, -0.25) is 4.79 Å². The second kappa shape index (κ2) is 6.36. The number of ether oxygens (including phenoxy) is 4. The number of cyclic esters (lactones) is 1. The van der Waals surface area contributed by atoms with E-state index < -0.39 is 11.9 Å². The zero-order chi connectivity index (χ0) is 18.1. The van der Waals surface area contributed by atoms with Crippen LogP contribution in [0.25, 0.3) is 6.08 Å². The predicted molar refractivity (Wildman–Crippen MR) is 90.9 cm³/mol. The van der Waals surface area contributed by atoms with Crippen LogP contribution in [0, 0.1) is 0 Å². The largest absolute Gasteiger partial charge is 0.454 e. The van der Waals surface area contributed by atoms with Gasteiger partial charge in [0.1, 0.15) is 5.75 Å². The molecule has 0 spiro atoms. The summed E-state index contributed by atoms with van der Waals surface area (Å²) in [6.07, 6.45) is 1.60. The molecule has 2 heterocycles. The Morgan fingerprint density at radius 1 is 1.12 bits per heavy atom. The molecular formula is C19H13NO6. The van der Waals surface area contributed by atoms with Crippen molar-refractivity contribution < 1.29 is 28.5 Å². The van der Waals surface area contributed by atoms with E-state index >= 15 is 0 Å². The summed E-state index contributed by atoms with van der Waals surface area (Å²) >= 11 is 0. The summed E-state index contributed by atoms with van der Waals surface area (Å²) in [6.45, 7) is 1.50. The number of carbonyl (C=O) groups excluding carboxylic acids is 2. The molecule has 0 radical (unpaired) electrons. The number of hydrogen-bond donors (Lipinski definition) is 0. The third kappa shape index (κ3) is 3.14. The van der Waals surface area contributed by atoms with Crippen LogP contribution in [0.1, 0.15) is 18.1 Å². The Bertz CT molecular complexity index is 958. The Labute approximate surface area is 148 Å². The summed E-state index contributed by atoms with van der Waals surface area (Å²) in [7, 11) is 0. The van der Waals surface area contributed by atoms with Gasteiger partial charge in [-0.15, -0.1) is 0 Å². The van der Waals surface area contributed by atoms with E-state index in [1.165, 1.54) is 6.92 Å². The maximum absolute atomic E-state index is 12.1. The van der Waals surface area contributed by atoms with Crippen LogP contribution < -0.4 is 14.2 Å². The number of fused-ring (bicyclic) bond motifs is 1. The molecule has 0 fully saturated rings. The Hall–Kier alpha value is -3.61. The second-order valence-electron chi connectivity index (χ2n) is 5.57. The monoisotopic (exact) mass is 351 g/mol. The van der Waals surface area contributed by atoms with Gasteiger partial charge < -0.3 is 18.9 Å². The van der Waals surface area contributed by atoms with Crippen LogP contribution in [0.4, 0.5) is 0 Å². The number of rotatable bonds is 3. The lowest BCUT2D eigenvalue weighted by Gasteiger charge is -2.01. The number of carbonyl (C=O) groups is 2. The van der Waals surface area contributed by atoms with Crippen molar-refractivity contribution in [2.45, 2.75) is 6.92 Å². The van der Waals surface area contributed by atoms with E-state index in [1.54, 1.807) is 48.5 Å². The molecule has 0 N–H and O–H groups in total. The summed E-state index contributed by atoms with van der Waals surface area (Å²) < 4.78 is 20.8. The second-order valence-corrected chi connectivity index (χ2v) is 5.57. The van der Waals surface area contributed by atoms with Crippen LogP contribution in [-0.4, -0.2) is 24.6 Å². The number of hydrogen-bond acceptors (Lipinski definition) is 7. The van der Waals surface area contributed by atoms with Gasteiger partial charge >= 0.3 is 11.9 Å². The molecule has 130 valence electrons. The first kappa shape index (κ1) is 15.9. The average Bonchev–Trinajstić information content (AvgIpc) is 3.22. The molecule has 0 unspecified atom stereocenters. The normalized spacial score (nSPS) is 16.4. The number of benzene rings is 2. The molecule has 0 saturated carbocycles. The summed E-state index contributed by atoms with van der Waals surface area (Å²) in [5.74, 6) is 0.923. The fourth-order valence-electron chi connectivity index (χ4n) is 2.52. The molecule has 2 aromatic rings. The minimum absolute atomic E-state index is 0.166. The number of esters is 2. The molecule has 7 nitrogen and oxygen atoms in total. The van der Waals surface area contributed by atoms with Crippen molar-refractivity contribution in [3.8, 4) is 17.2 Å². The van der Waals surface area contributed by atoms with Crippen LogP contribution in [0.5, 0.6) is 17.2 Å². The minimum atomic E-state index is -0.540. The quantitative estimate of drug-likeness (QED) is 0.480. The zero-order valence-electron chi connectivity index (χ0n) is 13.7. The smallest absolute Gasteiger partial charge is 0.363 e. The van der Waals surface area contributed by atoms with E-state index in [4.69, 9.17) is 18.9 Å². The third-order valence-corrected chi connectivity index (χ3v) is 3.69. The molecular weight excluding hydrogens is 338 g/mol. The van der Waals surface area contributed by atoms with E-state index in [9.17, 15) is 9.59 Å². The van der Waals surface area contributed by atoms with E-state index in [2.05, 4.69) is 4.99 Å². The van der Waals surface area contributed by atoms with Crippen molar-refractivity contribution >= 4 is 23.9 Å². The fraction of sp³-hybridized carbons (Fsp3) is 0.105. The zero-order valence-corrected chi connectivity index (χ0v) is 13.7. The van der Waals surface area contributed by atoms with E-state index in [0.29, 0.717) is 22.8 Å². The molecule has 0 aliphatic carbocycles. The van der Waals surface area contributed by atoms with Gasteiger partial charge in [-0.05, 0) is 42.0 Å². The van der Waals surface area contributed by atoms with Gasteiger partial charge in [-0.25, -0.2) is 9.79 Å². The molecule has 2 aromatic carbocycles. The van der Waals surface area contributed by atoms with Crippen LogP contribution >= 0.6 is 0 Å². The van der Waals surface area contributed by atoms with Crippen molar-refractivity contribution in [1.29, 1.82) is 0 Å². The lowest BCUT2D eigenvalue weighted by molar-refractivity contribution is -0.132. The molecule has 0 atom stereocenters. The Morgan fingerprint density at radius 3 is 2.65 bits per heavy atom. The topological polar surface area (TPSA) is 83.4 Å². The summed E-state index contributed by atoms with van der Waals surface area (Å²) in [6, 6.07) is 11.9. The molecule has 4 rings (SSSR count). The molecule has 0 aromatic heterocycles. The van der Waals surface area contributed by atoms with Crippen molar-refractivity contribution in [2.75, 3.05) is 6.79 Å². The van der Waals surface area contributed by atoms with Gasteiger partial charge in [0.05, 0.1) is 0 Å². The van der Waals surface area contributed by atoms with Gasteiger partial charge in [-0.1, -0.05) is 12.1 Å². The highest BCUT2D eigenvalue weighted by molar-refractivity contribution is 6.13. The van der Waals surface area contributed by atoms with E-state index in [0.717, 1.165) is 5.56 Å². The van der Waals surface area contributed by atoms with Crippen LogP contribution in [0.2, 0.25) is 0 Å². The minimum Gasteiger partial charge on any atom is -0.454 e. The first-order chi connectivity index (χ1) is 12.6. The molecule has 26 heavy (non-hydrogen) atoms. The van der Waals surface area contributed by atoms with Gasteiger partial charge in [-0.2, -0.15) is 0 Å². The van der Waals surface area contributed by atoms with Crippen molar-refractivity contribution in [2.24, 2.45) is 4.99 Å². The molecule has 0 amide bonds. The molecule has 2 aliphatic rings. The summed E-state index contributed by atoms with van der Waals surface area (Å²) in [4.78, 5) is 27.3. The van der Waals surface area contributed by atoms with Gasteiger partial charge in [0.2, 0.25) is 12.7 Å². The molecule has 0 saturated heterocycles. The summed E-state index contributed by atoms with van der Waals surface area (Å²) in [5.41, 5.74) is 1.53. The van der Waals surface area contributed by atoms with Crippen molar-refractivity contribution in [3.63, 3.8) is 0 Å². The first-order valence-corrected chi connectivity index (χ1v) is 7.79. The number of aliphatic imine (C=N–C) groups is 1. The van der Waals surface area contributed by atoms with E-state index in [1.807, 2.05) is 0 Å². The van der Waals surface area contributed by atoms with Gasteiger partial charge in [0.25, 0.3) is 0 Å². The lowest BCUT2D eigenvalue weighted by Crippen LogP contribution is -2.05. The Morgan fingerprint density at radius 2 is 1.88 bits per heavy atom. The van der Waals surface area contributed by atoms with Crippen LogP contribution in [-0.2, 0) is 14.3 Å². The fourth-order valence-corrected chi connectivity index (χ4v) is 2.52. The highest BCUT2D eigenvalue weighted by Crippen LogP contribution is 2.33. The first-order valence-electron chi connectivity index (χ1n) is 7.79. The standard InChI is InChI=1S/C19H13NO6/c1-11(21)25-14-5-2-12(3-6-14)8-15-19(22)26-18(20-15)13-4-7-16-17(9-13)24-10-23-16/h2-9H,10H2,1H3. The van der Waals surface area contributed by atoms with Crippen molar-refractivity contribution in [1.82, 2.24) is 0 Å². The Kier molecular flexibility index (Phi) is 3.89. The maximum Gasteiger partial charge on any atom is 0.363 e. The Balaban J connectivity index is 1.58. The van der Waals surface area contributed by atoms with Gasteiger partial charge in [0.15, 0.2) is 17.2 Å². The number of nitrogens with zero attached hydrogens (tertiary/aromatic N) is 1. The molecule has 0 bridgehead atoms. The summed E-state index contributed by atoms with van der Waals surface area (Å²) in [5, 5.41) is 0. The highest BCUT2D eigenvalue weighted by Gasteiger charge is 2.25. The molecule has 2 aliphatic heterocycles. The molecule has 7 heteroatoms. The van der Waals surface area contributed by atoms with E-state index in [-0.39, 0.29) is 18.4 Å². The van der Waals surface area contributed by atoms with Gasteiger partial charge in [0, 0.05) is 12.5 Å². The van der Waals surface area contributed by atoms with Crippen molar-refractivity contribution in [3.05, 3.63) is 59.3 Å². The lowest BCUT2D eigenvalue weighted by atomic mass is 10.2. The SMILES string of the molecule is CC(=O)Oc1ccc(C=C2N=C(c3ccc4c(c3)OCO4)OC2=O)cc1. The highest BCUT2D eigenvalue weighted by atomic mass is 16.7. The van der Waals surface area contributed by atoms with Crippen LogP contribution in [0.15, 0.2) is 53.2 Å². The average molecular weight is 351 g/mol. The maximum atomic E-state index is 12.1. The third-order valence-electron chi connectivity index (χ3n) is 3.69.